The third-order valence-corrected chi connectivity index (χ3v) is 4.68. The highest BCUT2D eigenvalue weighted by molar-refractivity contribution is 6.06. The molecule has 0 aromatic heterocycles. The van der Waals surface area contributed by atoms with Gasteiger partial charge in [-0.25, -0.2) is 4.79 Å². The lowest BCUT2D eigenvalue weighted by molar-refractivity contribution is -0.137. The van der Waals surface area contributed by atoms with Gasteiger partial charge in [-0.2, -0.15) is 13.2 Å². The van der Waals surface area contributed by atoms with Crippen molar-refractivity contribution in [1.82, 2.24) is 10.6 Å². The van der Waals surface area contributed by atoms with E-state index in [1.807, 2.05) is 31.2 Å². The molecule has 2 aromatic carbocycles. The number of rotatable bonds is 4. The summed E-state index contributed by atoms with van der Waals surface area (Å²) < 4.78 is 38.8. The molecule has 0 radical (unpaired) electrons. The third-order valence-electron chi connectivity index (χ3n) is 4.68. The van der Waals surface area contributed by atoms with Gasteiger partial charge in [0.05, 0.1) is 17.2 Å². The van der Waals surface area contributed by atoms with Gasteiger partial charge >= 0.3 is 12.2 Å². The first-order valence-corrected chi connectivity index (χ1v) is 9.04. The standard InChI is InChI=1S/C21H20F3N3O2/c1-3-13-7-9-14(10-8-13)18-17(12(2)25-20(29)27-18)19(28)26-16-6-4-5-15(11-16)21(22,23)24/h4-11,18H,3H2,1-2H3,(H,26,28)(H2,25,27,29)/t18-/m0/s1. The normalized spacial score (nSPS) is 16.9. The number of anilines is 1. The lowest BCUT2D eigenvalue weighted by Crippen LogP contribution is -2.45. The minimum Gasteiger partial charge on any atom is -0.327 e. The summed E-state index contributed by atoms with van der Waals surface area (Å²) in [5.74, 6) is -0.598. The monoisotopic (exact) mass is 403 g/mol. The number of nitrogens with one attached hydrogen (secondary N) is 3. The van der Waals surface area contributed by atoms with Crippen molar-refractivity contribution >= 4 is 17.6 Å². The van der Waals surface area contributed by atoms with E-state index in [4.69, 9.17) is 0 Å². The average Bonchev–Trinajstić information content (AvgIpc) is 2.67. The number of allylic oxidation sites excluding steroid dienone is 1. The van der Waals surface area contributed by atoms with Gasteiger partial charge in [-0.1, -0.05) is 37.3 Å². The van der Waals surface area contributed by atoms with E-state index in [1.165, 1.54) is 12.1 Å². The molecule has 5 nitrogen and oxygen atoms in total. The molecule has 29 heavy (non-hydrogen) atoms. The fourth-order valence-electron chi connectivity index (χ4n) is 3.16. The Hall–Kier alpha value is -3.29. The molecule has 1 atom stereocenters. The molecule has 8 heteroatoms. The topological polar surface area (TPSA) is 70.2 Å². The Morgan fingerprint density at radius 2 is 1.83 bits per heavy atom. The molecule has 0 aliphatic carbocycles. The van der Waals surface area contributed by atoms with Gasteiger partial charge in [0.1, 0.15) is 0 Å². The molecule has 0 spiro atoms. The lowest BCUT2D eigenvalue weighted by Gasteiger charge is -2.29. The molecule has 1 aliphatic heterocycles. The zero-order valence-electron chi connectivity index (χ0n) is 15.9. The molecule has 1 heterocycles. The van der Waals surface area contributed by atoms with Gasteiger partial charge in [0.25, 0.3) is 5.91 Å². The Labute approximate surface area is 166 Å². The van der Waals surface area contributed by atoms with Crippen molar-refractivity contribution in [2.45, 2.75) is 32.5 Å². The molecule has 0 unspecified atom stereocenters. The summed E-state index contributed by atoms with van der Waals surface area (Å²) in [6.07, 6.45) is -3.67. The van der Waals surface area contributed by atoms with Gasteiger partial charge in [0.15, 0.2) is 0 Å². The summed E-state index contributed by atoms with van der Waals surface area (Å²) >= 11 is 0. The Balaban J connectivity index is 1.91. The molecule has 0 saturated heterocycles. The maximum Gasteiger partial charge on any atom is 0.416 e. The van der Waals surface area contributed by atoms with Crippen LogP contribution >= 0.6 is 0 Å². The van der Waals surface area contributed by atoms with Gasteiger partial charge < -0.3 is 16.0 Å². The molecule has 1 aliphatic rings. The summed E-state index contributed by atoms with van der Waals surface area (Å²) in [6, 6.07) is 10.7. The summed E-state index contributed by atoms with van der Waals surface area (Å²) in [7, 11) is 0. The highest BCUT2D eigenvalue weighted by Crippen LogP contribution is 2.32. The van der Waals surface area contributed by atoms with Crippen molar-refractivity contribution in [3.8, 4) is 0 Å². The fourth-order valence-corrected chi connectivity index (χ4v) is 3.16. The minimum atomic E-state index is -4.51. The van der Waals surface area contributed by atoms with Crippen molar-refractivity contribution in [1.29, 1.82) is 0 Å². The van der Waals surface area contributed by atoms with E-state index in [0.717, 1.165) is 24.1 Å². The van der Waals surface area contributed by atoms with Crippen molar-refractivity contribution in [2.75, 3.05) is 5.32 Å². The number of carbonyl (C=O) groups excluding carboxylic acids is 2. The highest BCUT2D eigenvalue weighted by Gasteiger charge is 2.33. The van der Waals surface area contributed by atoms with Gasteiger partial charge in [-0.05, 0) is 42.7 Å². The fraction of sp³-hybridized carbons (Fsp3) is 0.238. The Morgan fingerprint density at radius 1 is 1.14 bits per heavy atom. The first kappa shape index (κ1) is 20.4. The van der Waals surface area contributed by atoms with Gasteiger partial charge in [-0.15, -0.1) is 0 Å². The van der Waals surface area contributed by atoms with E-state index < -0.39 is 29.7 Å². The Morgan fingerprint density at radius 3 is 2.45 bits per heavy atom. The second-order valence-electron chi connectivity index (χ2n) is 6.70. The van der Waals surface area contributed by atoms with Crippen LogP contribution in [0.5, 0.6) is 0 Å². The number of carbonyl (C=O) groups is 2. The predicted octanol–water partition coefficient (Wildman–Crippen LogP) is 4.53. The van der Waals surface area contributed by atoms with E-state index in [-0.39, 0.29) is 11.3 Å². The number of hydrogen-bond acceptors (Lipinski definition) is 2. The molecule has 3 N–H and O–H groups in total. The Kier molecular flexibility index (Phi) is 5.63. The van der Waals surface area contributed by atoms with Gasteiger partial charge in [0, 0.05) is 11.4 Å². The predicted molar refractivity (Wildman–Crippen MR) is 103 cm³/mol. The maximum atomic E-state index is 12.9. The second-order valence-corrected chi connectivity index (χ2v) is 6.70. The summed E-state index contributed by atoms with van der Waals surface area (Å²) in [6.45, 7) is 3.59. The van der Waals surface area contributed by atoms with Crippen LogP contribution < -0.4 is 16.0 Å². The molecule has 152 valence electrons. The Bertz CT molecular complexity index is 966. The SMILES string of the molecule is CCc1ccc([C@@H]2NC(=O)NC(C)=C2C(=O)Nc2cccc(C(F)(F)F)c2)cc1. The van der Waals surface area contributed by atoms with Crippen LogP contribution in [0.3, 0.4) is 0 Å². The summed E-state index contributed by atoms with van der Waals surface area (Å²) in [4.78, 5) is 24.9. The smallest absolute Gasteiger partial charge is 0.327 e. The number of alkyl halides is 3. The van der Waals surface area contributed by atoms with E-state index in [0.29, 0.717) is 11.3 Å². The first-order chi connectivity index (χ1) is 13.7. The van der Waals surface area contributed by atoms with Crippen LogP contribution in [0.4, 0.5) is 23.7 Å². The number of urea groups is 1. The minimum absolute atomic E-state index is 0.0158. The highest BCUT2D eigenvalue weighted by atomic mass is 19.4. The first-order valence-electron chi connectivity index (χ1n) is 9.04. The zero-order chi connectivity index (χ0) is 21.2. The van der Waals surface area contributed by atoms with Crippen molar-refractivity contribution < 1.29 is 22.8 Å². The van der Waals surface area contributed by atoms with Crippen molar-refractivity contribution in [3.63, 3.8) is 0 Å². The van der Waals surface area contributed by atoms with Crippen LogP contribution in [0.25, 0.3) is 0 Å². The maximum absolute atomic E-state index is 12.9. The largest absolute Gasteiger partial charge is 0.416 e. The third kappa shape index (κ3) is 4.59. The van der Waals surface area contributed by atoms with E-state index in [2.05, 4.69) is 16.0 Å². The van der Waals surface area contributed by atoms with Crippen LogP contribution in [0, 0.1) is 0 Å². The molecule has 3 amide bonds. The average molecular weight is 403 g/mol. The molecule has 0 bridgehead atoms. The number of amides is 3. The number of hydrogen-bond donors (Lipinski definition) is 3. The zero-order valence-corrected chi connectivity index (χ0v) is 15.9. The van der Waals surface area contributed by atoms with Gasteiger partial charge in [0.2, 0.25) is 0 Å². The quantitative estimate of drug-likeness (QED) is 0.702. The van der Waals surface area contributed by atoms with Crippen LogP contribution in [-0.2, 0) is 17.4 Å². The van der Waals surface area contributed by atoms with Crippen molar-refractivity contribution in [3.05, 3.63) is 76.5 Å². The molecule has 0 saturated carbocycles. The van der Waals surface area contributed by atoms with Crippen molar-refractivity contribution in [2.24, 2.45) is 0 Å². The lowest BCUT2D eigenvalue weighted by atomic mass is 9.94. The van der Waals surface area contributed by atoms with Crippen LogP contribution in [0.1, 0.15) is 36.6 Å². The summed E-state index contributed by atoms with van der Waals surface area (Å²) in [5, 5.41) is 7.75. The van der Waals surface area contributed by atoms with E-state index >= 15 is 0 Å². The van der Waals surface area contributed by atoms with Crippen LogP contribution in [0.2, 0.25) is 0 Å². The van der Waals surface area contributed by atoms with Gasteiger partial charge in [-0.3, -0.25) is 4.79 Å². The molecule has 0 fully saturated rings. The van der Waals surface area contributed by atoms with Crippen LogP contribution in [-0.4, -0.2) is 11.9 Å². The molecular formula is C21H20F3N3O2. The second kappa shape index (κ2) is 7.98. The van der Waals surface area contributed by atoms with Crippen LogP contribution in [0.15, 0.2) is 59.8 Å². The number of aryl methyl sites for hydroxylation is 1. The van der Waals surface area contributed by atoms with E-state index in [1.54, 1.807) is 6.92 Å². The molecule has 2 aromatic rings. The molecular weight excluding hydrogens is 383 g/mol. The number of benzene rings is 2. The molecule has 3 rings (SSSR count). The number of halogens is 3. The van der Waals surface area contributed by atoms with E-state index in [9.17, 15) is 22.8 Å². The summed E-state index contributed by atoms with van der Waals surface area (Å²) in [5.41, 5.74) is 1.52.